The molecule has 31 heavy (non-hydrogen) atoms. The van der Waals surface area contributed by atoms with Crippen LogP contribution in [0.1, 0.15) is 89.3 Å². The molecule has 1 aliphatic carbocycles. The highest BCUT2D eigenvalue weighted by atomic mass is 15.0. The van der Waals surface area contributed by atoms with Crippen molar-refractivity contribution < 1.29 is 0 Å². The van der Waals surface area contributed by atoms with E-state index in [0.29, 0.717) is 12.0 Å². The summed E-state index contributed by atoms with van der Waals surface area (Å²) in [6.07, 6.45) is 18.2. The van der Waals surface area contributed by atoms with Crippen LogP contribution in [0, 0.1) is 18.3 Å². The fourth-order valence-corrected chi connectivity index (χ4v) is 5.71. The number of benzene rings is 1. The molecule has 1 aliphatic heterocycles. The zero-order valence-corrected chi connectivity index (χ0v) is 20.4. The van der Waals surface area contributed by atoms with Gasteiger partial charge in [-0.1, -0.05) is 49.6 Å². The van der Waals surface area contributed by atoms with Gasteiger partial charge in [-0.25, -0.2) is 0 Å². The molecular formula is C28H43N3. The first kappa shape index (κ1) is 23.8. The lowest BCUT2D eigenvalue weighted by atomic mass is 9.76. The van der Waals surface area contributed by atoms with E-state index in [1.807, 2.05) is 0 Å². The molecule has 2 fully saturated rings. The molecular weight excluding hydrogens is 378 g/mol. The zero-order chi connectivity index (χ0) is 22.5. The van der Waals surface area contributed by atoms with Crippen molar-refractivity contribution in [2.24, 2.45) is 5.92 Å². The smallest absolute Gasteiger partial charge is 0.0270 e. The first-order chi connectivity index (χ1) is 14.7. The van der Waals surface area contributed by atoms with Gasteiger partial charge in [-0.15, -0.1) is 0 Å². The second-order valence-electron chi connectivity index (χ2n) is 11.1. The molecule has 0 aromatic heterocycles. The quantitative estimate of drug-likeness (QED) is 0.345. The van der Waals surface area contributed by atoms with Crippen LogP contribution in [-0.2, 0) is 6.42 Å². The summed E-state index contributed by atoms with van der Waals surface area (Å²) in [5.41, 5.74) is 5.15. The second-order valence-corrected chi connectivity index (χ2v) is 11.1. The number of rotatable bonds is 7. The molecule has 3 N–H and O–H groups in total. The van der Waals surface area contributed by atoms with Gasteiger partial charge in [-0.3, -0.25) is 0 Å². The maximum absolute atomic E-state index is 7.88. The first-order valence-electron chi connectivity index (χ1n) is 12.2. The van der Waals surface area contributed by atoms with Crippen molar-refractivity contribution in [2.45, 2.75) is 103 Å². The third-order valence-corrected chi connectivity index (χ3v) is 6.88. The van der Waals surface area contributed by atoms with E-state index in [4.69, 9.17) is 5.41 Å². The van der Waals surface area contributed by atoms with Crippen LogP contribution in [0.4, 0.5) is 0 Å². The molecule has 1 saturated carbocycles. The summed E-state index contributed by atoms with van der Waals surface area (Å²) < 4.78 is 0. The number of aryl methyl sites for hydroxylation is 1. The number of allylic oxidation sites excluding steroid dienone is 3. The molecule has 0 unspecified atom stereocenters. The summed E-state index contributed by atoms with van der Waals surface area (Å²) in [4.78, 5) is 0. The van der Waals surface area contributed by atoms with Gasteiger partial charge >= 0.3 is 0 Å². The molecule has 1 heterocycles. The van der Waals surface area contributed by atoms with Crippen molar-refractivity contribution in [1.82, 2.24) is 10.6 Å². The minimum atomic E-state index is 0.190. The Morgan fingerprint density at radius 3 is 2.39 bits per heavy atom. The zero-order valence-electron chi connectivity index (χ0n) is 20.4. The van der Waals surface area contributed by atoms with Gasteiger partial charge in [0, 0.05) is 35.1 Å². The van der Waals surface area contributed by atoms with Crippen LogP contribution in [0.2, 0.25) is 0 Å². The summed E-state index contributed by atoms with van der Waals surface area (Å²) in [5.74, 6) is 0.629. The lowest BCUT2D eigenvalue weighted by Gasteiger charge is -2.46. The first-order valence-corrected chi connectivity index (χ1v) is 12.2. The molecule has 0 atom stereocenters. The van der Waals surface area contributed by atoms with Gasteiger partial charge in [-0.2, -0.15) is 0 Å². The highest BCUT2D eigenvalue weighted by Crippen LogP contribution is 2.33. The Morgan fingerprint density at radius 1 is 1.10 bits per heavy atom. The van der Waals surface area contributed by atoms with Crippen molar-refractivity contribution in [2.75, 3.05) is 0 Å². The van der Waals surface area contributed by atoms with Crippen LogP contribution in [0.15, 0.2) is 36.6 Å². The second kappa shape index (κ2) is 10.2. The van der Waals surface area contributed by atoms with Gasteiger partial charge in [0.1, 0.15) is 0 Å². The lowest BCUT2D eigenvalue weighted by Crippen LogP contribution is -2.57. The van der Waals surface area contributed by atoms with Crippen molar-refractivity contribution in [3.63, 3.8) is 0 Å². The lowest BCUT2D eigenvalue weighted by molar-refractivity contribution is 0.150. The van der Waals surface area contributed by atoms with Crippen molar-refractivity contribution in [3.8, 4) is 0 Å². The molecule has 0 bridgehead atoms. The van der Waals surface area contributed by atoms with E-state index in [1.165, 1.54) is 62.3 Å². The van der Waals surface area contributed by atoms with Crippen molar-refractivity contribution in [1.29, 1.82) is 5.41 Å². The Bertz CT molecular complexity index is 794. The van der Waals surface area contributed by atoms with Gasteiger partial charge in [0.15, 0.2) is 0 Å². The molecule has 0 amide bonds. The molecule has 3 nitrogen and oxygen atoms in total. The van der Waals surface area contributed by atoms with E-state index in [2.05, 4.69) is 81.8 Å². The van der Waals surface area contributed by atoms with Gasteiger partial charge < -0.3 is 16.0 Å². The fourth-order valence-electron chi connectivity index (χ4n) is 5.71. The number of hydrogen-bond acceptors (Lipinski definition) is 3. The maximum Gasteiger partial charge on any atom is 0.0270 e. The van der Waals surface area contributed by atoms with E-state index < -0.39 is 0 Å². The summed E-state index contributed by atoms with van der Waals surface area (Å²) in [5, 5.41) is 15.2. The SMILES string of the molecule is Cc1cc(/C(C=N)=C/NC2CCCCC2)ccc1C/C=C\C1CC(C)(C)NC(C)(C)C1. The minimum absolute atomic E-state index is 0.190. The Morgan fingerprint density at radius 2 is 1.77 bits per heavy atom. The number of nitrogens with one attached hydrogen (secondary N) is 3. The Balaban J connectivity index is 1.62. The minimum Gasteiger partial charge on any atom is -0.388 e. The normalized spacial score (nSPS) is 22.5. The van der Waals surface area contributed by atoms with E-state index in [1.54, 1.807) is 0 Å². The summed E-state index contributed by atoms with van der Waals surface area (Å²) in [6, 6.07) is 7.22. The molecule has 1 aromatic rings. The van der Waals surface area contributed by atoms with Crippen molar-refractivity contribution >= 4 is 11.8 Å². The Kier molecular flexibility index (Phi) is 7.80. The highest BCUT2D eigenvalue weighted by Gasteiger charge is 2.36. The third-order valence-electron chi connectivity index (χ3n) is 6.88. The monoisotopic (exact) mass is 421 g/mol. The average molecular weight is 422 g/mol. The molecule has 1 aromatic carbocycles. The van der Waals surface area contributed by atoms with E-state index in [9.17, 15) is 0 Å². The Hall–Kier alpha value is -1.87. The predicted molar refractivity (Wildman–Crippen MR) is 135 cm³/mol. The van der Waals surface area contributed by atoms with Gasteiger partial charge in [-0.05, 0) is 89.3 Å². The van der Waals surface area contributed by atoms with Gasteiger partial charge in [0.05, 0.1) is 0 Å². The largest absolute Gasteiger partial charge is 0.388 e. The molecule has 2 aliphatic rings. The predicted octanol–water partition coefficient (Wildman–Crippen LogP) is 6.56. The number of hydrogen-bond donors (Lipinski definition) is 3. The van der Waals surface area contributed by atoms with Crippen molar-refractivity contribution in [3.05, 3.63) is 53.2 Å². The summed E-state index contributed by atoms with van der Waals surface area (Å²) in [6.45, 7) is 11.5. The van der Waals surface area contributed by atoms with Crippen LogP contribution >= 0.6 is 0 Å². The van der Waals surface area contributed by atoms with Crippen LogP contribution in [0.25, 0.3) is 5.57 Å². The topological polar surface area (TPSA) is 47.9 Å². The van der Waals surface area contributed by atoms with Crippen LogP contribution in [-0.4, -0.2) is 23.3 Å². The van der Waals surface area contributed by atoms with E-state index in [-0.39, 0.29) is 11.1 Å². The van der Waals surface area contributed by atoms with Gasteiger partial charge in [0.25, 0.3) is 0 Å². The highest BCUT2D eigenvalue weighted by molar-refractivity contribution is 6.08. The van der Waals surface area contributed by atoms with E-state index in [0.717, 1.165) is 17.6 Å². The van der Waals surface area contributed by atoms with Crippen LogP contribution < -0.4 is 10.6 Å². The number of piperidine rings is 1. The molecule has 0 radical (unpaired) electrons. The molecule has 1 saturated heterocycles. The summed E-state index contributed by atoms with van der Waals surface area (Å²) >= 11 is 0. The Labute approximate surface area is 190 Å². The van der Waals surface area contributed by atoms with Gasteiger partial charge in [0.2, 0.25) is 0 Å². The molecule has 3 heteroatoms. The average Bonchev–Trinajstić information content (AvgIpc) is 2.68. The van der Waals surface area contributed by atoms with Crippen LogP contribution in [0.3, 0.4) is 0 Å². The maximum atomic E-state index is 7.88. The summed E-state index contributed by atoms with van der Waals surface area (Å²) in [7, 11) is 0. The van der Waals surface area contributed by atoms with Crippen LogP contribution in [0.5, 0.6) is 0 Å². The fraction of sp³-hybridized carbons (Fsp3) is 0.607. The molecule has 170 valence electrons. The van der Waals surface area contributed by atoms with E-state index >= 15 is 0 Å². The molecule has 3 rings (SSSR count). The third kappa shape index (κ3) is 7.07. The molecule has 0 spiro atoms. The standard InChI is InChI=1S/C28H43N3/c1-21-16-24(25(19-29)20-30-26-12-7-6-8-13-26)15-14-23(21)11-9-10-22-17-27(2,3)31-28(4,5)18-22/h9-10,14-16,19-20,22,26,29-31H,6-8,11-13,17-18H2,1-5H3/b10-9-,25-20+,29-19?.